The summed E-state index contributed by atoms with van der Waals surface area (Å²) in [6.45, 7) is 3.22. The highest BCUT2D eigenvalue weighted by Gasteiger charge is 2.23. The molecule has 0 aliphatic heterocycles. The van der Waals surface area contributed by atoms with Crippen LogP contribution in [0.1, 0.15) is 11.1 Å². The van der Waals surface area contributed by atoms with Crippen molar-refractivity contribution in [2.24, 2.45) is 0 Å². The van der Waals surface area contributed by atoms with Gasteiger partial charge in [0.15, 0.2) is 0 Å². The van der Waals surface area contributed by atoms with E-state index in [1.54, 1.807) is 43.3 Å². The van der Waals surface area contributed by atoms with Gasteiger partial charge in [-0.15, -0.1) is 0 Å². The summed E-state index contributed by atoms with van der Waals surface area (Å²) >= 11 is 0. The first-order chi connectivity index (χ1) is 16.4. The van der Waals surface area contributed by atoms with Gasteiger partial charge in [-0.1, -0.05) is 12.1 Å². The number of sulfonamides is 2. The summed E-state index contributed by atoms with van der Waals surface area (Å²) in [6.07, 6.45) is 1.04. The minimum atomic E-state index is -3.85. The third kappa shape index (κ3) is 6.52. The minimum absolute atomic E-state index is 0.000495. The predicted molar refractivity (Wildman–Crippen MR) is 137 cm³/mol. The van der Waals surface area contributed by atoms with E-state index in [0.717, 1.165) is 21.7 Å². The summed E-state index contributed by atoms with van der Waals surface area (Å²) in [5, 5.41) is 2.62. The molecule has 0 heterocycles. The lowest BCUT2D eigenvalue weighted by Gasteiger charge is -2.24. The number of carbonyl (C=O) groups is 1. The Labute approximate surface area is 205 Å². The van der Waals surface area contributed by atoms with Gasteiger partial charge in [-0.25, -0.2) is 16.8 Å². The molecule has 0 spiro atoms. The molecule has 0 aliphatic rings. The molecule has 0 radical (unpaired) electrons. The maximum Gasteiger partial charge on any atom is 0.261 e. The number of anilines is 3. The fourth-order valence-electron chi connectivity index (χ4n) is 3.31. The predicted octanol–water partition coefficient (Wildman–Crippen LogP) is 3.52. The lowest BCUT2D eigenvalue weighted by atomic mass is 10.1. The van der Waals surface area contributed by atoms with Gasteiger partial charge in [-0.2, -0.15) is 0 Å². The highest BCUT2D eigenvalue weighted by molar-refractivity contribution is 7.92. The summed E-state index contributed by atoms with van der Waals surface area (Å²) in [4.78, 5) is 12.7. The van der Waals surface area contributed by atoms with Crippen LogP contribution in [0.15, 0.2) is 71.6 Å². The first kappa shape index (κ1) is 26.0. The second-order valence-corrected chi connectivity index (χ2v) is 11.5. The van der Waals surface area contributed by atoms with Crippen LogP contribution in [0.3, 0.4) is 0 Å². The fraction of sp³-hybridized carbons (Fsp3) is 0.208. The summed E-state index contributed by atoms with van der Waals surface area (Å²) in [5.74, 6) is 0.0309. The van der Waals surface area contributed by atoms with E-state index in [1.807, 2.05) is 13.0 Å². The van der Waals surface area contributed by atoms with Crippen molar-refractivity contribution in [2.45, 2.75) is 18.7 Å². The number of nitrogens with zero attached hydrogens (tertiary/aromatic N) is 1. The van der Waals surface area contributed by atoms with Crippen molar-refractivity contribution < 1.29 is 26.4 Å². The number of carbonyl (C=O) groups excluding carboxylic acids is 1. The average Bonchev–Trinajstić information content (AvgIpc) is 2.79. The Morgan fingerprint density at radius 1 is 0.886 bits per heavy atom. The normalized spacial score (nSPS) is 11.5. The van der Waals surface area contributed by atoms with Gasteiger partial charge in [0.05, 0.1) is 23.9 Å². The van der Waals surface area contributed by atoms with E-state index >= 15 is 0 Å². The van der Waals surface area contributed by atoms with Crippen LogP contribution in [0.2, 0.25) is 0 Å². The molecule has 3 aromatic carbocycles. The average molecular weight is 518 g/mol. The highest BCUT2D eigenvalue weighted by Crippen LogP contribution is 2.25. The van der Waals surface area contributed by atoms with Gasteiger partial charge in [0, 0.05) is 11.4 Å². The Bertz CT molecular complexity index is 1420. The number of hydrogen-bond donors (Lipinski definition) is 2. The molecule has 9 nitrogen and oxygen atoms in total. The molecule has 0 atom stereocenters. The van der Waals surface area contributed by atoms with Crippen LogP contribution in [-0.4, -0.2) is 42.7 Å². The van der Waals surface area contributed by atoms with Crippen LogP contribution >= 0.6 is 0 Å². The first-order valence-corrected chi connectivity index (χ1v) is 13.8. The summed E-state index contributed by atoms with van der Waals surface area (Å²) in [5.41, 5.74) is 2.78. The first-order valence-electron chi connectivity index (χ1n) is 10.5. The van der Waals surface area contributed by atoms with Gasteiger partial charge in [0.1, 0.15) is 12.3 Å². The SMILES string of the molecule is COc1ccc(NS(=O)(=O)c2ccc(NC(=O)CN(c3cccc(C)c3C)S(C)(=O)=O)cc2)cc1. The van der Waals surface area contributed by atoms with E-state index < -0.39 is 32.5 Å². The summed E-state index contributed by atoms with van der Waals surface area (Å²) in [6, 6.07) is 17.2. The van der Waals surface area contributed by atoms with Crippen LogP contribution in [0.5, 0.6) is 5.75 Å². The van der Waals surface area contributed by atoms with Gasteiger partial charge in [0.25, 0.3) is 10.0 Å². The molecule has 3 rings (SSSR count). The topological polar surface area (TPSA) is 122 Å². The molecule has 0 saturated carbocycles. The quantitative estimate of drug-likeness (QED) is 0.448. The van der Waals surface area contributed by atoms with Crippen LogP contribution in [-0.2, 0) is 24.8 Å². The lowest BCUT2D eigenvalue weighted by Crippen LogP contribution is -2.38. The molecule has 0 fully saturated rings. The standard InChI is InChI=1S/C24H27N3O6S2/c1-17-6-5-7-23(18(17)2)27(34(4,29)30)16-24(28)25-19-10-14-22(15-11-19)35(31,32)26-20-8-12-21(33-3)13-9-20/h5-15,26H,16H2,1-4H3,(H,25,28). The number of methoxy groups -OCH3 is 1. The molecular formula is C24H27N3O6S2. The Kier molecular flexibility index (Phi) is 7.71. The Balaban J connectivity index is 1.72. The van der Waals surface area contributed by atoms with E-state index in [4.69, 9.17) is 4.74 Å². The van der Waals surface area contributed by atoms with Crippen molar-refractivity contribution in [3.63, 3.8) is 0 Å². The van der Waals surface area contributed by atoms with Gasteiger partial charge in [-0.05, 0) is 79.6 Å². The maximum atomic E-state index is 12.7. The molecule has 0 bridgehead atoms. The zero-order valence-corrected chi connectivity index (χ0v) is 21.4. The van der Waals surface area contributed by atoms with Gasteiger partial charge in [-0.3, -0.25) is 13.8 Å². The maximum absolute atomic E-state index is 12.7. The smallest absolute Gasteiger partial charge is 0.261 e. The molecule has 0 saturated heterocycles. The number of nitrogens with one attached hydrogen (secondary N) is 2. The van der Waals surface area contributed by atoms with E-state index in [1.165, 1.54) is 31.4 Å². The zero-order valence-electron chi connectivity index (χ0n) is 19.8. The van der Waals surface area contributed by atoms with Crippen LogP contribution < -0.4 is 19.1 Å². The number of hydrogen-bond acceptors (Lipinski definition) is 6. The van der Waals surface area contributed by atoms with Crippen molar-refractivity contribution in [3.8, 4) is 5.75 Å². The second kappa shape index (κ2) is 10.4. The number of benzene rings is 3. The van der Waals surface area contributed by atoms with Crippen molar-refractivity contribution in [1.29, 1.82) is 0 Å². The van der Waals surface area contributed by atoms with Crippen molar-refractivity contribution >= 4 is 43.0 Å². The summed E-state index contributed by atoms with van der Waals surface area (Å²) < 4.78 is 58.7. The van der Waals surface area contributed by atoms with Gasteiger partial charge < -0.3 is 10.1 Å². The Morgan fingerprint density at radius 2 is 1.49 bits per heavy atom. The third-order valence-corrected chi connectivity index (χ3v) is 7.85. The van der Waals surface area contributed by atoms with Crippen molar-refractivity contribution in [2.75, 3.05) is 34.3 Å². The van der Waals surface area contributed by atoms with E-state index in [9.17, 15) is 21.6 Å². The Morgan fingerprint density at radius 3 is 2.06 bits per heavy atom. The zero-order chi connectivity index (χ0) is 25.8. The number of aryl methyl sites for hydroxylation is 1. The van der Waals surface area contributed by atoms with Crippen molar-refractivity contribution in [3.05, 3.63) is 77.9 Å². The number of amides is 1. The molecule has 0 unspecified atom stereocenters. The molecule has 35 heavy (non-hydrogen) atoms. The highest BCUT2D eigenvalue weighted by atomic mass is 32.2. The van der Waals surface area contributed by atoms with E-state index in [0.29, 0.717) is 22.8 Å². The van der Waals surface area contributed by atoms with Crippen LogP contribution in [0.4, 0.5) is 17.1 Å². The number of rotatable bonds is 9. The molecular weight excluding hydrogens is 490 g/mol. The molecule has 11 heteroatoms. The lowest BCUT2D eigenvalue weighted by molar-refractivity contribution is -0.114. The largest absolute Gasteiger partial charge is 0.497 e. The summed E-state index contributed by atoms with van der Waals surface area (Å²) in [7, 11) is -6.06. The van der Waals surface area contributed by atoms with Gasteiger partial charge >= 0.3 is 0 Å². The van der Waals surface area contributed by atoms with Gasteiger partial charge in [0.2, 0.25) is 15.9 Å². The number of ether oxygens (including phenoxy) is 1. The molecule has 0 aromatic heterocycles. The Hall–Kier alpha value is -3.57. The minimum Gasteiger partial charge on any atom is -0.497 e. The van der Waals surface area contributed by atoms with Crippen LogP contribution in [0, 0.1) is 13.8 Å². The molecule has 3 aromatic rings. The second-order valence-electron chi connectivity index (χ2n) is 7.90. The van der Waals surface area contributed by atoms with Crippen molar-refractivity contribution in [1.82, 2.24) is 0 Å². The molecule has 0 aliphatic carbocycles. The van der Waals surface area contributed by atoms with Crippen LogP contribution in [0.25, 0.3) is 0 Å². The monoisotopic (exact) mass is 517 g/mol. The van der Waals surface area contributed by atoms with E-state index in [-0.39, 0.29) is 4.90 Å². The van der Waals surface area contributed by atoms with E-state index in [2.05, 4.69) is 10.0 Å². The molecule has 1 amide bonds. The molecule has 2 N–H and O–H groups in total. The molecule has 186 valence electrons. The third-order valence-electron chi connectivity index (χ3n) is 5.32. The fourth-order valence-corrected chi connectivity index (χ4v) is 5.27.